The Hall–Kier alpha value is -2.31. The van der Waals surface area contributed by atoms with E-state index in [0.717, 1.165) is 23.9 Å². The number of aryl methyl sites for hydroxylation is 2. The second kappa shape index (κ2) is 8.20. The number of nitrogens with zero attached hydrogens (tertiary/aromatic N) is 2. The van der Waals surface area contributed by atoms with Crippen LogP contribution in [0.15, 0.2) is 30.3 Å². The van der Waals surface area contributed by atoms with Gasteiger partial charge in [0.25, 0.3) is 11.1 Å². The molecule has 0 unspecified atom stereocenters. The number of amides is 1. The summed E-state index contributed by atoms with van der Waals surface area (Å²) < 4.78 is 12.7. The Morgan fingerprint density at radius 1 is 1.17 bits per heavy atom. The third kappa shape index (κ3) is 4.05. The Balaban J connectivity index is 1.42. The van der Waals surface area contributed by atoms with E-state index in [1.165, 1.54) is 10.3 Å². The predicted octanol–water partition coefficient (Wildman–Crippen LogP) is 5.26. The number of rotatable bonds is 4. The predicted molar refractivity (Wildman–Crippen MR) is 117 cm³/mol. The van der Waals surface area contributed by atoms with E-state index in [1.54, 1.807) is 36.6 Å². The van der Waals surface area contributed by atoms with Crippen molar-refractivity contribution in [1.29, 1.82) is 0 Å². The van der Waals surface area contributed by atoms with Crippen LogP contribution in [0.25, 0.3) is 10.2 Å². The number of likely N-dealkylation sites (tertiary alicyclic amines) is 1. The van der Waals surface area contributed by atoms with Crippen LogP contribution in [0.4, 0.5) is 0 Å². The van der Waals surface area contributed by atoms with Gasteiger partial charge >= 0.3 is 0 Å². The van der Waals surface area contributed by atoms with Gasteiger partial charge in [-0.15, -0.1) is 0 Å². The average molecular weight is 431 g/mol. The SMILES string of the molecule is COc1ccc(Cl)cc1C(=O)N1CCC(Oc2nc3c(C)ccc(C)c3s2)CC1. The molecular weight excluding hydrogens is 408 g/mol. The standard InChI is InChI=1S/C22H23ClN2O3S/c1-13-4-5-14(2)20-19(13)24-22(29-20)28-16-8-10-25(11-9-16)21(26)17-12-15(23)6-7-18(17)27-3/h4-7,12,16H,8-11H2,1-3H3. The van der Waals surface area contributed by atoms with Gasteiger partial charge in [-0.3, -0.25) is 4.79 Å². The first-order chi connectivity index (χ1) is 14.0. The Kier molecular flexibility index (Phi) is 5.65. The monoisotopic (exact) mass is 430 g/mol. The number of benzene rings is 2. The van der Waals surface area contributed by atoms with Crippen LogP contribution in [-0.4, -0.2) is 42.1 Å². The Labute approximate surface area is 179 Å². The first-order valence-electron chi connectivity index (χ1n) is 9.62. The van der Waals surface area contributed by atoms with E-state index in [9.17, 15) is 4.79 Å². The lowest BCUT2D eigenvalue weighted by Crippen LogP contribution is -2.41. The molecule has 0 saturated carbocycles. The number of methoxy groups -OCH3 is 1. The number of carbonyl (C=O) groups excluding carboxylic acids is 1. The van der Waals surface area contributed by atoms with Crippen LogP contribution in [0.1, 0.15) is 34.3 Å². The van der Waals surface area contributed by atoms with Crippen LogP contribution in [0.5, 0.6) is 10.9 Å². The van der Waals surface area contributed by atoms with Crippen molar-refractivity contribution in [3.63, 3.8) is 0 Å². The zero-order chi connectivity index (χ0) is 20.5. The molecule has 1 amide bonds. The molecule has 0 atom stereocenters. The lowest BCUT2D eigenvalue weighted by molar-refractivity contribution is 0.0592. The molecule has 0 spiro atoms. The van der Waals surface area contributed by atoms with Crippen LogP contribution in [0, 0.1) is 13.8 Å². The highest BCUT2D eigenvalue weighted by atomic mass is 35.5. The first-order valence-corrected chi connectivity index (χ1v) is 10.8. The van der Waals surface area contributed by atoms with E-state index >= 15 is 0 Å². The quantitative estimate of drug-likeness (QED) is 0.566. The molecule has 2 heterocycles. The topological polar surface area (TPSA) is 51.7 Å². The molecule has 3 aromatic rings. The molecule has 7 heteroatoms. The zero-order valence-corrected chi connectivity index (χ0v) is 18.3. The van der Waals surface area contributed by atoms with Crippen LogP contribution in [-0.2, 0) is 0 Å². The molecule has 1 aromatic heterocycles. The molecule has 5 nitrogen and oxygen atoms in total. The molecule has 1 aliphatic heterocycles. The summed E-state index contributed by atoms with van der Waals surface area (Å²) in [4.78, 5) is 19.4. The highest BCUT2D eigenvalue weighted by molar-refractivity contribution is 7.20. The van der Waals surface area contributed by atoms with E-state index in [-0.39, 0.29) is 12.0 Å². The number of halogens is 1. The molecule has 1 aliphatic rings. The number of ether oxygens (including phenoxy) is 2. The molecular formula is C22H23ClN2O3S. The van der Waals surface area contributed by atoms with Crippen molar-refractivity contribution in [2.24, 2.45) is 0 Å². The highest BCUT2D eigenvalue weighted by Crippen LogP contribution is 2.34. The van der Waals surface area contributed by atoms with E-state index in [0.29, 0.717) is 34.6 Å². The molecule has 29 heavy (non-hydrogen) atoms. The number of piperidine rings is 1. The summed E-state index contributed by atoms with van der Waals surface area (Å²) >= 11 is 7.67. The highest BCUT2D eigenvalue weighted by Gasteiger charge is 2.27. The molecule has 0 radical (unpaired) electrons. The van der Waals surface area contributed by atoms with E-state index in [4.69, 9.17) is 21.1 Å². The number of hydrogen-bond acceptors (Lipinski definition) is 5. The van der Waals surface area contributed by atoms with Gasteiger partial charge in [-0.1, -0.05) is 35.1 Å². The lowest BCUT2D eigenvalue weighted by Gasteiger charge is -2.32. The van der Waals surface area contributed by atoms with Gasteiger partial charge in [-0.05, 0) is 43.2 Å². The van der Waals surface area contributed by atoms with Crippen molar-refractivity contribution in [3.8, 4) is 10.9 Å². The Morgan fingerprint density at radius 3 is 2.59 bits per heavy atom. The van der Waals surface area contributed by atoms with Gasteiger partial charge in [-0.2, -0.15) is 0 Å². The van der Waals surface area contributed by atoms with E-state index in [1.807, 2.05) is 4.90 Å². The van der Waals surface area contributed by atoms with Gasteiger partial charge in [0.2, 0.25) is 0 Å². The summed E-state index contributed by atoms with van der Waals surface area (Å²) in [6.07, 6.45) is 1.59. The molecule has 4 rings (SSSR count). The van der Waals surface area contributed by atoms with Crippen molar-refractivity contribution in [2.45, 2.75) is 32.8 Å². The maximum absolute atomic E-state index is 12.9. The number of aromatic nitrogens is 1. The number of fused-ring (bicyclic) bond motifs is 1. The van der Waals surface area contributed by atoms with Gasteiger partial charge in [0, 0.05) is 31.0 Å². The fourth-order valence-corrected chi connectivity index (χ4v) is 4.83. The van der Waals surface area contributed by atoms with Gasteiger partial charge in [0.1, 0.15) is 11.9 Å². The normalized spacial score (nSPS) is 15.0. The number of thiazole rings is 1. The van der Waals surface area contributed by atoms with Crippen LogP contribution in [0.3, 0.4) is 0 Å². The summed E-state index contributed by atoms with van der Waals surface area (Å²) in [5, 5.41) is 1.23. The van der Waals surface area contributed by atoms with E-state index in [2.05, 4.69) is 31.0 Å². The molecule has 0 aliphatic carbocycles. The minimum atomic E-state index is -0.0611. The first kappa shape index (κ1) is 20.0. The Morgan fingerprint density at radius 2 is 1.90 bits per heavy atom. The van der Waals surface area contributed by atoms with Crippen LogP contribution >= 0.6 is 22.9 Å². The Bertz CT molecular complexity index is 1020. The summed E-state index contributed by atoms with van der Waals surface area (Å²) in [6.45, 7) is 5.42. The number of carbonyl (C=O) groups is 1. The smallest absolute Gasteiger partial charge is 0.274 e. The second-order valence-corrected chi connectivity index (χ2v) is 8.71. The minimum Gasteiger partial charge on any atom is -0.496 e. The second-order valence-electron chi connectivity index (χ2n) is 7.31. The molecule has 1 fully saturated rings. The third-order valence-corrected chi connectivity index (χ3v) is 6.63. The minimum absolute atomic E-state index is 0.0569. The van der Waals surface area contributed by atoms with E-state index < -0.39 is 0 Å². The number of hydrogen-bond donors (Lipinski definition) is 0. The summed E-state index contributed by atoms with van der Waals surface area (Å²) in [5.41, 5.74) is 3.89. The van der Waals surface area contributed by atoms with Crippen molar-refractivity contribution in [3.05, 3.63) is 52.0 Å². The lowest BCUT2D eigenvalue weighted by atomic mass is 10.1. The zero-order valence-electron chi connectivity index (χ0n) is 16.7. The van der Waals surface area contributed by atoms with Gasteiger partial charge in [0.05, 0.1) is 22.9 Å². The third-order valence-electron chi connectivity index (χ3n) is 5.31. The molecule has 0 bridgehead atoms. The van der Waals surface area contributed by atoms with Crippen molar-refractivity contribution in [2.75, 3.05) is 20.2 Å². The fourth-order valence-electron chi connectivity index (χ4n) is 3.63. The van der Waals surface area contributed by atoms with Crippen molar-refractivity contribution in [1.82, 2.24) is 9.88 Å². The summed E-state index contributed by atoms with van der Waals surface area (Å²) in [6, 6.07) is 9.32. The molecule has 2 aromatic carbocycles. The largest absolute Gasteiger partial charge is 0.496 e. The van der Waals surface area contributed by atoms with Gasteiger partial charge < -0.3 is 14.4 Å². The van der Waals surface area contributed by atoms with Crippen LogP contribution in [0.2, 0.25) is 5.02 Å². The van der Waals surface area contributed by atoms with Crippen molar-refractivity contribution < 1.29 is 14.3 Å². The van der Waals surface area contributed by atoms with Crippen molar-refractivity contribution >= 4 is 39.1 Å². The molecule has 1 saturated heterocycles. The maximum atomic E-state index is 12.9. The van der Waals surface area contributed by atoms with Gasteiger partial charge in [0.15, 0.2) is 0 Å². The summed E-state index contributed by atoms with van der Waals surface area (Å²) in [7, 11) is 1.56. The average Bonchev–Trinajstić information content (AvgIpc) is 3.16. The maximum Gasteiger partial charge on any atom is 0.274 e. The molecule has 0 N–H and O–H groups in total. The van der Waals surface area contributed by atoms with Crippen LogP contribution < -0.4 is 9.47 Å². The summed E-state index contributed by atoms with van der Waals surface area (Å²) in [5.74, 6) is 0.479. The molecule has 152 valence electrons. The fraction of sp³-hybridized carbons (Fsp3) is 0.364. The van der Waals surface area contributed by atoms with Gasteiger partial charge in [-0.25, -0.2) is 4.98 Å².